The second kappa shape index (κ2) is 5.87. The van der Waals surface area contributed by atoms with Crippen LogP contribution in [-0.4, -0.2) is 57.7 Å². The van der Waals surface area contributed by atoms with Crippen LogP contribution in [0.2, 0.25) is 0 Å². The van der Waals surface area contributed by atoms with E-state index >= 15 is 0 Å². The highest BCUT2D eigenvalue weighted by Gasteiger charge is 2.55. The van der Waals surface area contributed by atoms with Crippen molar-refractivity contribution >= 4 is 11.9 Å². The number of fused-ring (bicyclic) bond motifs is 5. The number of aliphatic hydroxyl groups is 1. The molecule has 3 aliphatic carbocycles. The molecule has 3 N–H and O–H groups in total. The summed E-state index contributed by atoms with van der Waals surface area (Å²) < 4.78 is 0. The average molecular weight is 374 g/mol. The minimum atomic E-state index is -0.440. The molecule has 2 atom stereocenters. The number of nitrogens with one attached hydrogen (secondary N) is 2. The van der Waals surface area contributed by atoms with Gasteiger partial charge in [-0.25, -0.2) is 9.79 Å². The maximum absolute atomic E-state index is 13.1. The van der Waals surface area contributed by atoms with Crippen LogP contribution in [0.3, 0.4) is 0 Å². The van der Waals surface area contributed by atoms with Crippen molar-refractivity contribution in [3.05, 3.63) is 11.5 Å². The highest BCUT2D eigenvalue weighted by Crippen LogP contribution is 2.55. The summed E-state index contributed by atoms with van der Waals surface area (Å²) in [5.74, 6) is 1.74. The number of hydrogen-bond acceptors (Lipinski definition) is 5. The first-order valence-corrected chi connectivity index (χ1v) is 10.7. The molecule has 3 heterocycles. The van der Waals surface area contributed by atoms with E-state index in [2.05, 4.69) is 24.5 Å². The van der Waals surface area contributed by atoms with E-state index < -0.39 is 5.60 Å². The van der Waals surface area contributed by atoms with E-state index in [1.165, 1.54) is 0 Å². The van der Waals surface area contributed by atoms with E-state index in [0.717, 1.165) is 75.3 Å². The van der Waals surface area contributed by atoms with Gasteiger partial charge in [-0.2, -0.15) is 0 Å². The molecular formula is C20H31N5O2. The topological polar surface area (TPSA) is 80.2 Å². The molecule has 7 nitrogen and oxygen atoms in total. The minimum absolute atomic E-state index is 0.00873. The number of carbonyl (C=O) groups is 1. The molecule has 7 heteroatoms. The largest absolute Gasteiger partial charge is 0.390 e. The van der Waals surface area contributed by atoms with E-state index in [9.17, 15) is 9.90 Å². The number of amides is 2. The Morgan fingerprint density at radius 1 is 1.15 bits per heavy atom. The Morgan fingerprint density at radius 2 is 1.85 bits per heavy atom. The fourth-order valence-corrected chi connectivity index (χ4v) is 5.60. The molecule has 4 fully saturated rings. The van der Waals surface area contributed by atoms with Gasteiger partial charge < -0.3 is 15.7 Å². The summed E-state index contributed by atoms with van der Waals surface area (Å²) in [6, 6.07) is 0.358. The lowest BCUT2D eigenvalue weighted by molar-refractivity contribution is -0.101. The summed E-state index contributed by atoms with van der Waals surface area (Å²) in [6.45, 7) is 5.68. The standard InChI is InChI=1S/C20H31N5O2/c1-3-11-24-16-14(15-21-13(4-2)12-25(15)18(24)26)22-17(23-16)19-5-8-20(27,9-6-19)10-7-19/h13,17,21-22,27H,3-12H2,1-2H3/t13-,17?,19?,20?/m1/s1. The van der Waals surface area contributed by atoms with Crippen LogP contribution < -0.4 is 10.6 Å². The Hall–Kier alpha value is -1.76. The SMILES string of the molecule is CCCN1C(=O)N2C[C@@H](CC)NC2=C2NC(C34CCC(O)(CC3)CC4)N=C21. The number of amidine groups is 1. The number of carbonyl (C=O) groups excluding carboxylic acids is 1. The highest BCUT2D eigenvalue weighted by atomic mass is 16.3. The lowest BCUT2D eigenvalue weighted by Crippen LogP contribution is -2.54. The first-order valence-electron chi connectivity index (χ1n) is 10.7. The molecule has 1 saturated heterocycles. The fraction of sp³-hybridized carbons (Fsp3) is 0.800. The van der Waals surface area contributed by atoms with Gasteiger partial charge >= 0.3 is 6.03 Å². The predicted octanol–water partition coefficient (Wildman–Crippen LogP) is 2.10. The van der Waals surface area contributed by atoms with Gasteiger partial charge in [0.25, 0.3) is 0 Å². The van der Waals surface area contributed by atoms with E-state index in [1.54, 1.807) is 0 Å². The van der Waals surface area contributed by atoms with Crippen molar-refractivity contribution in [3.63, 3.8) is 0 Å². The van der Waals surface area contributed by atoms with Crippen LogP contribution in [0.1, 0.15) is 65.2 Å². The van der Waals surface area contributed by atoms with E-state index in [0.29, 0.717) is 12.6 Å². The molecule has 1 unspecified atom stereocenters. The molecule has 6 aliphatic rings. The van der Waals surface area contributed by atoms with Crippen molar-refractivity contribution in [2.45, 2.75) is 83.0 Å². The summed E-state index contributed by atoms with van der Waals surface area (Å²) in [5, 5.41) is 17.8. The van der Waals surface area contributed by atoms with Crippen molar-refractivity contribution in [2.75, 3.05) is 13.1 Å². The van der Waals surface area contributed by atoms with Crippen molar-refractivity contribution in [1.29, 1.82) is 0 Å². The summed E-state index contributed by atoms with van der Waals surface area (Å²) in [4.78, 5) is 22.0. The minimum Gasteiger partial charge on any atom is -0.390 e. The van der Waals surface area contributed by atoms with Gasteiger partial charge in [0.1, 0.15) is 17.7 Å². The quantitative estimate of drug-likeness (QED) is 0.705. The Labute approximate surface area is 160 Å². The summed E-state index contributed by atoms with van der Waals surface area (Å²) >= 11 is 0. The smallest absolute Gasteiger partial charge is 0.331 e. The van der Waals surface area contributed by atoms with Crippen molar-refractivity contribution in [3.8, 4) is 0 Å². The molecule has 0 radical (unpaired) electrons. The molecule has 148 valence electrons. The highest BCUT2D eigenvalue weighted by molar-refractivity contribution is 6.11. The molecule has 0 aromatic rings. The fourth-order valence-electron chi connectivity index (χ4n) is 5.60. The molecule has 0 aromatic carbocycles. The van der Waals surface area contributed by atoms with E-state index in [4.69, 9.17) is 4.99 Å². The molecule has 3 saturated carbocycles. The van der Waals surface area contributed by atoms with Gasteiger partial charge in [0.2, 0.25) is 0 Å². The van der Waals surface area contributed by atoms with Gasteiger partial charge in [0.15, 0.2) is 5.84 Å². The maximum Gasteiger partial charge on any atom is 0.331 e. The number of urea groups is 1. The number of nitrogens with zero attached hydrogens (tertiary/aromatic N) is 3. The van der Waals surface area contributed by atoms with Crippen LogP contribution in [0.25, 0.3) is 0 Å². The molecule has 27 heavy (non-hydrogen) atoms. The molecule has 2 amide bonds. The van der Waals surface area contributed by atoms with Crippen molar-refractivity contribution < 1.29 is 9.90 Å². The number of rotatable bonds is 4. The molecule has 2 bridgehead atoms. The Balaban J connectivity index is 1.51. The second-order valence-corrected chi connectivity index (χ2v) is 9.10. The van der Waals surface area contributed by atoms with Crippen LogP contribution in [0, 0.1) is 5.41 Å². The van der Waals surface area contributed by atoms with E-state index in [1.807, 2.05) is 9.80 Å². The first-order chi connectivity index (χ1) is 13.0. The normalized spacial score (nSPS) is 40.0. The maximum atomic E-state index is 13.1. The summed E-state index contributed by atoms with van der Waals surface area (Å²) in [7, 11) is 0. The molecule has 6 rings (SSSR count). The van der Waals surface area contributed by atoms with Crippen LogP contribution in [-0.2, 0) is 0 Å². The molecule has 3 aliphatic heterocycles. The lowest BCUT2D eigenvalue weighted by atomic mass is 9.57. The molecular weight excluding hydrogens is 342 g/mol. The van der Waals surface area contributed by atoms with Gasteiger partial charge in [-0.05, 0) is 51.4 Å². The third-order valence-corrected chi connectivity index (χ3v) is 7.51. The van der Waals surface area contributed by atoms with Crippen LogP contribution >= 0.6 is 0 Å². The average Bonchev–Trinajstić information content (AvgIpc) is 3.31. The Bertz CT molecular complexity index is 705. The number of hydrogen-bond donors (Lipinski definition) is 3. The Kier molecular flexibility index (Phi) is 3.77. The zero-order chi connectivity index (χ0) is 18.8. The van der Waals surface area contributed by atoms with Gasteiger partial charge in [-0.3, -0.25) is 9.80 Å². The van der Waals surface area contributed by atoms with Crippen LogP contribution in [0.4, 0.5) is 4.79 Å². The second-order valence-electron chi connectivity index (χ2n) is 9.10. The van der Waals surface area contributed by atoms with Gasteiger partial charge in [-0.15, -0.1) is 0 Å². The third-order valence-electron chi connectivity index (χ3n) is 7.51. The van der Waals surface area contributed by atoms with Crippen LogP contribution in [0.5, 0.6) is 0 Å². The zero-order valence-corrected chi connectivity index (χ0v) is 16.4. The molecule has 0 aromatic heterocycles. The summed E-state index contributed by atoms with van der Waals surface area (Å²) in [6.07, 6.45) is 7.58. The van der Waals surface area contributed by atoms with Gasteiger partial charge in [0.05, 0.1) is 5.60 Å². The summed E-state index contributed by atoms with van der Waals surface area (Å²) in [5.41, 5.74) is 0.673. The zero-order valence-electron chi connectivity index (χ0n) is 16.4. The van der Waals surface area contributed by atoms with Crippen molar-refractivity contribution in [1.82, 2.24) is 20.4 Å². The van der Waals surface area contributed by atoms with Crippen molar-refractivity contribution in [2.24, 2.45) is 10.4 Å². The first kappa shape index (κ1) is 17.3. The lowest BCUT2D eigenvalue weighted by Gasteiger charge is -2.52. The van der Waals surface area contributed by atoms with Gasteiger partial charge in [0, 0.05) is 24.5 Å². The van der Waals surface area contributed by atoms with Crippen LogP contribution in [0.15, 0.2) is 16.5 Å². The third kappa shape index (κ3) is 2.43. The van der Waals surface area contributed by atoms with E-state index in [-0.39, 0.29) is 17.6 Å². The Morgan fingerprint density at radius 3 is 2.48 bits per heavy atom. The number of aliphatic imine (C=N–C) groups is 1. The molecule has 0 spiro atoms. The van der Waals surface area contributed by atoms with Gasteiger partial charge in [-0.1, -0.05) is 13.8 Å². The predicted molar refractivity (Wildman–Crippen MR) is 103 cm³/mol. The monoisotopic (exact) mass is 373 g/mol.